The zero-order chi connectivity index (χ0) is 12.7. The Bertz CT molecular complexity index is 381. The van der Waals surface area contributed by atoms with Crippen LogP contribution < -0.4 is 0 Å². The zero-order valence-corrected chi connectivity index (χ0v) is 13.1. The van der Waals surface area contributed by atoms with Crippen molar-refractivity contribution in [3.63, 3.8) is 0 Å². The smallest absolute Gasteiger partial charge is 0.129 e. The maximum absolute atomic E-state index is 3.50. The lowest BCUT2D eigenvalue weighted by atomic mass is 10.2. The SMILES string of the molecule is CCCC(C#C[Si](C)(C)C)Sc1ccccc1. The molecule has 0 saturated carbocycles. The van der Waals surface area contributed by atoms with Gasteiger partial charge in [-0.3, -0.25) is 0 Å². The van der Waals surface area contributed by atoms with Gasteiger partial charge in [0.1, 0.15) is 8.07 Å². The van der Waals surface area contributed by atoms with E-state index in [2.05, 4.69) is 68.4 Å². The van der Waals surface area contributed by atoms with E-state index in [-0.39, 0.29) is 0 Å². The van der Waals surface area contributed by atoms with Gasteiger partial charge in [-0.05, 0) is 18.6 Å². The van der Waals surface area contributed by atoms with E-state index in [9.17, 15) is 0 Å². The highest BCUT2D eigenvalue weighted by atomic mass is 32.2. The van der Waals surface area contributed by atoms with E-state index in [0.717, 1.165) is 0 Å². The highest BCUT2D eigenvalue weighted by molar-refractivity contribution is 8.00. The summed E-state index contributed by atoms with van der Waals surface area (Å²) in [5.41, 5.74) is 3.50. The van der Waals surface area contributed by atoms with E-state index in [1.165, 1.54) is 17.7 Å². The fourth-order valence-corrected chi connectivity index (χ4v) is 3.21. The fourth-order valence-electron chi connectivity index (χ4n) is 1.38. The lowest BCUT2D eigenvalue weighted by molar-refractivity contribution is 0.840. The van der Waals surface area contributed by atoms with Gasteiger partial charge >= 0.3 is 0 Å². The van der Waals surface area contributed by atoms with Gasteiger partial charge in [-0.2, -0.15) is 0 Å². The van der Waals surface area contributed by atoms with Gasteiger partial charge in [0.2, 0.25) is 0 Å². The Morgan fingerprint density at radius 3 is 2.35 bits per heavy atom. The molecule has 0 saturated heterocycles. The maximum atomic E-state index is 3.50. The summed E-state index contributed by atoms with van der Waals surface area (Å²) in [4.78, 5) is 1.33. The van der Waals surface area contributed by atoms with Crippen molar-refractivity contribution in [2.24, 2.45) is 0 Å². The van der Waals surface area contributed by atoms with E-state index in [0.29, 0.717) is 5.25 Å². The van der Waals surface area contributed by atoms with Crippen LogP contribution in [0.5, 0.6) is 0 Å². The Morgan fingerprint density at radius 2 is 1.82 bits per heavy atom. The first kappa shape index (κ1) is 14.4. The van der Waals surface area contributed by atoms with Crippen LogP contribution in [0.1, 0.15) is 19.8 Å². The molecule has 2 heteroatoms. The van der Waals surface area contributed by atoms with Gasteiger partial charge in [0, 0.05) is 4.90 Å². The van der Waals surface area contributed by atoms with Crippen LogP contribution in [-0.2, 0) is 0 Å². The van der Waals surface area contributed by atoms with Crippen molar-refractivity contribution in [3.8, 4) is 11.5 Å². The monoisotopic (exact) mass is 262 g/mol. The Balaban J connectivity index is 2.69. The molecule has 1 aromatic rings. The molecule has 0 spiro atoms. The third kappa shape index (κ3) is 6.60. The molecule has 1 unspecified atom stereocenters. The minimum atomic E-state index is -1.24. The molecule has 0 fully saturated rings. The normalized spacial score (nSPS) is 12.7. The second-order valence-corrected chi connectivity index (χ2v) is 11.3. The molecule has 1 atom stereocenters. The van der Waals surface area contributed by atoms with Gasteiger partial charge in [-0.1, -0.05) is 57.1 Å². The molecule has 0 aromatic heterocycles. The Hall–Kier alpha value is -0.653. The predicted octanol–water partition coefficient (Wildman–Crippen LogP) is 4.83. The van der Waals surface area contributed by atoms with Crippen molar-refractivity contribution in [1.29, 1.82) is 0 Å². The van der Waals surface area contributed by atoms with Crippen LogP contribution in [0.25, 0.3) is 0 Å². The van der Waals surface area contributed by atoms with Gasteiger partial charge in [0.15, 0.2) is 0 Å². The van der Waals surface area contributed by atoms with Crippen molar-refractivity contribution in [1.82, 2.24) is 0 Å². The van der Waals surface area contributed by atoms with Crippen LogP contribution >= 0.6 is 11.8 Å². The first-order valence-corrected chi connectivity index (χ1v) is 10.6. The molecule has 17 heavy (non-hydrogen) atoms. The third-order valence-electron chi connectivity index (χ3n) is 2.18. The molecule has 0 nitrogen and oxygen atoms in total. The van der Waals surface area contributed by atoms with Crippen molar-refractivity contribution in [2.45, 2.75) is 49.6 Å². The van der Waals surface area contributed by atoms with Gasteiger partial charge in [-0.15, -0.1) is 17.3 Å². The van der Waals surface area contributed by atoms with Crippen molar-refractivity contribution in [2.75, 3.05) is 0 Å². The molecule has 0 aliphatic carbocycles. The number of benzene rings is 1. The van der Waals surface area contributed by atoms with Crippen LogP contribution in [0.3, 0.4) is 0 Å². The summed E-state index contributed by atoms with van der Waals surface area (Å²) >= 11 is 1.90. The van der Waals surface area contributed by atoms with E-state index < -0.39 is 8.07 Å². The van der Waals surface area contributed by atoms with Gasteiger partial charge < -0.3 is 0 Å². The molecule has 0 aliphatic heterocycles. The fraction of sp³-hybridized carbons (Fsp3) is 0.467. The summed E-state index contributed by atoms with van der Waals surface area (Å²) in [6.07, 6.45) is 2.38. The summed E-state index contributed by atoms with van der Waals surface area (Å²) in [5.74, 6) is 3.48. The first-order chi connectivity index (χ1) is 8.01. The summed E-state index contributed by atoms with van der Waals surface area (Å²) < 4.78 is 0. The van der Waals surface area contributed by atoms with Crippen LogP contribution in [0.2, 0.25) is 19.6 Å². The molecule has 1 aromatic carbocycles. The highest BCUT2D eigenvalue weighted by Crippen LogP contribution is 2.25. The molecule has 0 aliphatic rings. The number of hydrogen-bond donors (Lipinski definition) is 0. The summed E-state index contributed by atoms with van der Waals surface area (Å²) in [6.45, 7) is 9.14. The lowest BCUT2D eigenvalue weighted by Gasteiger charge is -2.11. The lowest BCUT2D eigenvalue weighted by Crippen LogP contribution is -2.17. The average molecular weight is 262 g/mol. The Kier molecular flexibility index (Phi) is 5.88. The molecule has 0 radical (unpaired) electrons. The molecular weight excluding hydrogens is 240 g/mol. The summed E-state index contributed by atoms with van der Waals surface area (Å²) in [7, 11) is -1.24. The molecule has 0 N–H and O–H groups in total. The van der Waals surface area contributed by atoms with Crippen molar-refractivity contribution >= 4 is 19.8 Å². The molecule has 1 rings (SSSR count). The van der Waals surface area contributed by atoms with Crippen LogP contribution in [0.4, 0.5) is 0 Å². The third-order valence-corrected chi connectivity index (χ3v) is 4.26. The van der Waals surface area contributed by atoms with Crippen LogP contribution in [0.15, 0.2) is 35.2 Å². The van der Waals surface area contributed by atoms with E-state index in [4.69, 9.17) is 0 Å². The summed E-state index contributed by atoms with van der Waals surface area (Å²) in [6, 6.07) is 10.6. The minimum absolute atomic E-state index is 0.453. The predicted molar refractivity (Wildman–Crippen MR) is 82.1 cm³/mol. The Labute approximate surface area is 111 Å². The zero-order valence-electron chi connectivity index (χ0n) is 11.3. The highest BCUT2D eigenvalue weighted by Gasteiger charge is 2.10. The van der Waals surface area contributed by atoms with Gasteiger partial charge in [0.05, 0.1) is 5.25 Å². The van der Waals surface area contributed by atoms with Gasteiger partial charge in [-0.25, -0.2) is 0 Å². The topological polar surface area (TPSA) is 0 Å². The standard InChI is InChI=1S/C15H22SSi/c1-5-9-14(12-13-17(2,3)4)16-15-10-7-6-8-11-15/h6-8,10-11,14H,5,9H2,1-4H3. The molecule has 0 heterocycles. The van der Waals surface area contributed by atoms with E-state index in [1.54, 1.807) is 0 Å². The molecule has 0 bridgehead atoms. The average Bonchev–Trinajstić information content (AvgIpc) is 2.27. The van der Waals surface area contributed by atoms with E-state index >= 15 is 0 Å². The molecule has 0 amide bonds. The first-order valence-electron chi connectivity index (χ1n) is 6.25. The van der Waals surface area contributed by atoms with Crippen LogP contribution in [-0.4, -0.2) is 13.3 Å². The van der Waals surface area contributed by atoms with E-state index in [1.807, 2.05) is 11.8 Å². The number of rotatable bonds is 4. The van der Waals surface area contributed by atoms with Gasteiger partial charge in [0.25, 0.3) is 0 Å². The van der Waals surface area contributed by atoms with Crippen molar-refractivity contribution < 1.29 is 0 Å². The summed E-state index contributed by atoms with van der Waals surface area (Å²) in [5, 5.41) is 0.453. The maximum Gasteiger partial charge on any atom is 0.129 e. The molecule has 92 valence electrons. The Morgan fingerprint density at radius 1 is 1.18 bits per heavy atom. The number of thioether (sulfide) groups is 1. The van der Waals surface area contributed by atoms with Crippen LogP contribution in [0, 0.1) is 11.5 Å². The minimum Gasteiger partial charge on any atom is -0.131 e. The molecular formula is C15H22SSi. The second-order valence-electron chi connectivity index (χ2n) is 5.23. The second kappa shape index (κ2) is 6.93. The van der Waals surface area contributed by atoms with Crippen molar-refractivity contribution in [3.05, 3.63) is 30.3 Å². The quantitative estimate of drug-likeness (QED) is 0.425. The number of hydrogen-bond acceptors (Lipinski definition) is 1. The largest absolute Gasteiger partial charge is 0.131 e.